The molecule has 0 aliphatic rings. The first kappa shape index (κ1) is 14.3. The zero-order valence-electron chi connectivity index (χ0n) is 9.88. The fourth-order valence-electron chi connectivity index (χ4n) is 1.48. The van der Waals surface area contributed by atoms with Crippen LogP contribution >= 0.6 is 22.9 Å². The zero-order valence-corrected chi connectivity index (χ0v) is 12.3. The normalized spacial score (nSPS) is 13.4. The van der Waals surface area contributed by atoms with Crippen LogP contribution in [0.1, 0.15) is 17.8 Å². The van der Waals surface area contributed by atoms with Crippen molar-refractivity contribution in [2.75, 3.05) is 0 Å². The maximum absolute atomic E-state index is 12.1. The molecular weight excluding hydrogens is 308 g/mol. The summed E-state index contributed by atoms with van der Waals surface area (Å²) in [4.78, 5) is 14.1. The molecule has 0 saturated carbocycles. The Bertz CT molecular complexity index is 716. The average molecular weight is 319 g/mol. The lowest BCUT2D eigenvalue weighted by Crippen LogP contribution is -2.27. The molecule has 2 aromatic heterocycles. The van der Waals surface area contributed by atoms with Crippen molar-refractivity contribution in [3.63, 3.8) is 0 Å². The Morgan fingerprint density at radius 3 is 2.58 bits per heavy atom. The number of aromatic nitrogens is 1. The van der Waals surface area contributed by atoms with Crippen molar-refractivity contribution in [3.05, 3.63) is 50.0 Å². The highest BCUT2D eigenvalue weighted by atomic mass is 35.5. The number of halogens is 1. The number of hydrogen-bond donors (Lipinski definition) is 2. The number of aromatic amines is 1. The van der Waals surface area contributed by atoms with E-state index in [9.17, 15) is 13.2 Å². The second kappa shape index (κ2) is 5.46. The third-order valence-corrected chi connectivity index (χ3v) is 5.37. The minimum absolute atomic E-state index is 0.0154. The lowest BCUT2D eigenvalue weighted by molar-refractivity contribution is 0.568. The number of pyridine rings is 1. The van der Waals surface area contributed by atoms with E-state index in [1.165, 1.54) is 29.7 Å². The van der Waals surface area contributed by atoms with Gasteiger partial charge in [-0.05, 0) is 25.1 Å². The monoisotopic (exact) mass is 318 g/mol. The Morgan fingerprint density at radius 2 is 2.05 bits per heavy atom. The molecule has 0 aliphatic carbocycles. The molecule has 102 valence electrons. The van der Waals surface area contributed by atoms with E-state index in [4.69, 9.17) is 11.6 Å². The highest BCUT2D eigenvalue weighted by Gasteiger charge is 2.19. The van der Waals surface area contributed by atoms with Gasteiger partial charge in [-0.3, -0.25) is 4.79 Å². The van der Waals surface area contributed by atoms with Crippen molar-refractivity contribution >= 4 is 33.0 Å². The van der Waals surface area contributed by atoms with E-state index >= 15 is 0 Å². The molecule has 1 unspecified atom stereocenters. The third kappa shape index (κ3) is 3.44. The van der Waals surface area contributed by atoms with Crippen molar-refractivity contribution in [1.29, 1.82) is 0 Å². The van der Waals surface area contributed by atoms with Crippen LogP contribution in [0, 0.1) is 0 Å². The molecular formula is C11H11ClN2O3S2. The number of H-pyrrole nitrogens is 1. The lowest BCUT2D eigenvalue weighted by Gasteiger charge is -2.12. The van der Waals surface area contributed by atoms with E-state index < -0.39 is 16.1 Å². The summed E-state index contributed by atoms with van der Waals surface area (Å²) in [6, 6.07) is 5.52. The SMILES string of the molecule is CC(NS(=O)(=O)c1ccc(=O)[nH]c1)c1ccc(Cl)s1. The molecule has 2 aromatic rings. The molecule has 0 radical (unpaired) electrons. The Kier molecular flexibility index (Phi) is 4.10. The molecule has 8 heteroatoms. The van der Waals surface area contributed by atoms with E-state index in [0.29, 0.717) is 4.34 Å². The van der Waals surface area contributed by atoms with Crippen LogP contribution in [0.5, 0.6) is 0 Å². The Balaban J connectivity index is 2.22. The average Bonchev–Trinajstić information content (AvgIpc) is 2.76. The van der Waals surface area contributed by atoms with Crippen molar-refractivity contribution in [3.8, 4) is 0 Å². The van der Waals surface area contributed by atoms with Gasteiger partial charge in [-0.2, -0.15) is 0 Å². The third-order valence-electron chi connectivity index (χ3n) is 2.42. The largest absolute Gasteiger partial charge is 0.328 e. The second-order valence-corrected chi connectivity index (χ2v) is 7.33. The molecule has 0 spiro atoms. The van der Waals surface area contributed by atoms with Crippen LogP contribution in [0.3, 0.4) is 0 Å². The van der Waals surface area contributed by atoms with Crippen LogP contribution in [-0.2, 0) is 10.0 Å². The molecule has 0 bridgehead atoms. The van der Waals surface area contributed by atoms with Gasteiger partial charge in [0.2, 0.25) is 15.6 Å². The van der Waals surface area contributed by atoms with Crippen LogP contribution in [0.2, 0.25) is 4.34 Å². The van der Waals surface area contributed by atoms with Gasteiger partial charge in [0.15, 0.2) is 0 Å². The van der Waals surface area contributed by atoms with Crippen LogP contribution in [0.15, 0.2) is 40.2 Å². The molecule has 2 rings (SSSR count). The fraction of sp³-hybridized carbons (Fsp3) is 0.182. The predicted molar refractivity (Wildman–Crippen MR) is 75.1 cm³/mol. The van der Waals surface area contributed by atoms with Crippen LogP contribution < -0.4 is 10.3 Å². The maximum Gasteiger partial charge on any atom is 0.247 e. The molecule has 2 N–H and O–H groups in total. The number of thiophene rings is 1. The minimum atomic E-state index is -3.67. The number of sulfonamides is 1. The molecule has 0 amide bonds. The van der Waals surface area contributed by atoms with Gasteiger partial charge < -0.3 is 4.98 Å². The van der Waals surface area contributed by atoms with Gasteiger partial charge >= 0.3 is 0 Å². The summed E-state index contributed by atoms with van der Waals surface area (Å²) in [6.45, 7) is 1.73. The first-order valence-corrected chi connectivity index (χ1v) is 8.02. The summed E-state index contributed by atoms with van der Waals surface area (Å²) in [5.41, 5.74) is -0.350. The highest BCUT2D eigenvalue weighted by molar-refractivity contribution is 7.89. The second-order valence-electron chi connectivity index (χ2n) is 3.87. The smallest absolute Gasteiger partial charge is 0.247 e. The van der Waals surface area contributed by atoms with E-state index in [-0.39, 0.29) is 10.5 Å². The topological polar surface area (TPSA) is 79.0 Å². The molecule has 0 saturated heterocycles. The van der Waals surface area contributed by atoms with Gasteiger partial charge in [0.05, 0.1) is 15.3 Å². The summed E-state index contributed by atoms with van der Waals surface area (Å²) in [6.07, 6.45) is 1.17. The minimum Gasteiger partial charge on any atom is -0.328 e. The van der Waals surface area contributed by atoms with Gasteiger partial charge in [0, 0.05) is 17.1 Å². The molecule has 19 heavy (non-hydrogen) atoms. The van der Waals surface area contributed by atoms with Crippen molar-refractivity contribution in [2.45, 2.75) is 17.9 Å². The molecule has 2 heterocycles. The van der Waals surface area contributed by atoms with Crippen molar-refractivity contribution in [2.24, 2.45) is 0 Å². The molecule has 0 aliphatic heterocycles. The van der Waals surface area contributed by atoms with Gasteiger partial charge in [0.1, 0.15) is 0 Å². The Labute approximate surface area is 119 Å². The van der Waals surface area contributed by atoms with Crippen LogP contribution in [-0.4, -0.2) is 13.4 Å². The fourth-order valence-corrected chi connectivity index (χ4v) is 3.81. The first-order valence-electron chi connectivity index (χ1n) is 5.35. The summed E-state index contributed by atoms with van der Waals surface area (Å²) < 4.78 is 27.3. The van der Waals surface area contributed by atoms with Gasteiger partial charge in [-0.15, -0.1) is 11.3 Å². The predicted octanol–water partition coefficient (Wildman–Crippen LogP) is 2.13. The number of nitrogens with one attached hydrogen (secondary N) is 2. The maximum atomic E-state index is 12.1. The molecule has 1 atom stereocenters. The quantitative estimate of drug-likeness (QED) is 0.906. The number of hydrogen-bond acceptors (Lipinski definition) is 4. The zero-order chi connectivity index (χ0) is 14.0. The van der Waals surface area contributed by atoms with Crippen molar-refractivity contribution < 1.29 is 8.42 Å². The Morgan fingerprint density at radius 1 is 1.32 bits per heavy atom. The lowest BCUT2D eigenvalue weighted by atomic mass is 10.3. The van der Waals surface area contributed by atoms with E-state index in [2.05, 4.69) is 9.71 Å². The molecule has 5 nitrogen and oxygen atoms in total. The van der Waals surface area contributed by atoms with E-state index in [0.717, 1.165) is 4.88 Å². The number of rotatable bonds is 4. The van der Waals surface area contributed by atoms with E-state index in [1.54, 1.807) is 19.1 Å². The van der Waals surface area contributed by atoms with Crippen molar-refractivity contribution in [1.82, 2.24) is 9.71 Å². The summed E-state index contributed by atoms with van der Waals surface area (Å²) in [7, 11) is -3.67. The van der Waals surface area contributed by atoms with Gasteiger partial charge in [-0.1, -0.05) is 11.6 Å². The van der Waals surface area contributed by atoms with E-state index in [1.807, 2.05) is 0 Å². The van der Waals surface area contributed by atoms with Gasteiger partial charge in [-0.25, -0.2) is 13.1 Å². The van der Waals surface area contributed by atoms with Gasteiger partial charge in [0.25, 0.3) is 0 Å². The van der Waals surface area contributed by atoms with Crippen LogP contribution in [0.4, 0.5) is 0 Å². The molecule has 0 aromatic carbocycles. The highest BCUT2D eigenvalue weighted by Crippen LogP contribution is 2.27. The summed E-state index contributed by atoms with van der Waals surface area (Å²) >= 11 is 7.13. The Hall–Kier alpha value is -1.15. The summed E-state index contributed by atoms with van der Waals surface area (Å²) in [5.74, 6) is 0. The molecule has 0 fully saturated rings. The first-order chi connectivity index (χ1) is 8.88. The van der Waals surface area contributed by atoms with Crippen LogP contribution in [0.25, 0.3) is 0 Å². The standard InChI is InChI=1S/C11H11ClN2O3S2/c1-7(9-3-4-10(12)18-9)14-19(16,17)8-2-5-11(15)13-6-8/h2-7,14H,1H3,(H,13,15). The summed E-state index contributed by atoms with van der Waals surface area (Å²) in [5, 5.41) is 0.